The molecule has 3 N–H and O–H groups in total. The van der Waals surface area contributed by atoms with Crippen LogP contribution in [-0.2, 0) is 22.7 Å². The standard InChI is InChI=1S/C28H39N3O5/c1-27(33)20-36-28(16-25(27)30(2)3)11-13-31(14-12-28)17-22-15-23(9-10-24(22)35-19-26(29)32)34-18-21-7-5-4-6-8-21/h4-10,15,25,33H,11-14,16-20H2,1-3H3,(H2,29,32)/t25-,27-/m0/s1. The molecule has 0 saturated carbocycles. The van der Waals surface area contributed by atoms with E-state index in [2.05, 4.69) is 9.80 Å². The monoisotopic (exact) mass is 497 g/mol. The Labute approximate surface area is 213 Å². The van der Waals surface area contributed by atoms with Gasteiger partial charge in [-0.2, -0.15) is 0 Å². The maximum atomic E-state index is 11.3. The Kier molecular flexibility index (Phi) is 8.20. The lowest BCUT2D eigenvalue weighted by Gasteiger charge is -2.52. The lowest BCUT2D eigenvalue weighted by molar-refractivity contribution is -0.207. The molecule has 0 aliphatic carbocycles. The quantitative estimate of drug-likeness (QED) is 0.550. The molecule has 0 aromatic heterocycles. The predicted molar refractivity (Wildman–Crippen MR) is 138 cm³/mol. The van der Waals surface area contributed by atoms with E-state index >= 15 is 0 Å². The molecule has 2 aromatic carbocycles. The average Bonchev–Trinajstić information content (AvgIpc) is 2.85. The smallest absolute Gasteiger partial charge is 0.255 e. The summed E-state index contributed by atoms with van der Waals surface area (Å²) in [7, 11) is 4.04. The number of piperidine rings is 1. The van der Waals surface area contributed by atoms with Gasteiger partial charge >= 0.3 is 0 Å². The number of hydrogen-bond donors (Lipinski definition) is 2. The topological polar surface area (TPSA) is 97.5 Å². The van der Waals surface area contributed by atoms with Crippen LogP contribution < -0.4 is 15.2 Å². The summed E-state index contributed by atoms with van der Waals surface area (Å²) < 4.78 is 18.0. The molecule has 2 saturated heterocycles. The first-order chi connectivity index (χ1) is 17.2. The Bertz CT molecular complexity index is 1020. The summed E-state index contributed by atoms with van der Waals surface area (Å²) in [4.78, 5) is 15.8. The molecule has 8 heteroatoms. The van der Waals surface area contributed by atoms with E-state index in [1.807, 2.05) is 69.6 Å². The van der Waals surface area contributed by atoms with Crippen molar-refractivity contribution in [1.29, 1.82) is 0 Å². The van der Waals surface area contributed by atoms with Crippen molar-refractivity contribution in [2.24, 2.45) is 5.73 Å². The van der Waals surface area contributed by atoms with E-state index in [1.54, 1.807) is 0 Å². The zero-order chi connectivity index (χ0) is 25.8. The Balaban J connectivity index is 1.42. The second-order valence-electron chi connectivity index (χ2n) is 10.6. The third-order valence-corrected chi connectivity index (χ3v) is 7.39. The summed E-state index contributed by atoms with van der Waals surface area (Å²) in [6, 6.07) is 15.8. The van der Waals surface area contributed by atoms with Crippen molar-refractivity contribution in [2.75, 3.05) is 40.4 Å². The van der Waals surface area contributed by atoms with Crippen LogP contribution in [0, 0.1) is 0 Å². The predicted octanol–water partition coefficient (Wildman–Crippen LogP) is 2.57. The molecule has 2 aromatic rings. The minimum Gasteiger partial charge on any atom is -0.489 e. The number of primary amides is 1. The SMILES string of the molecule is CN(C)[C@H]1CC2(CCN(Cc3cc(OCc4ccccc4)ccc3OCC(N)=O)CC2)OC[C@]1(C)O. The highest BCUT2D eigenvalue weighted by Gasteiger charge is 2.49. The molecule has 2 heterocycles. The van der Waals surface area contributed by atoms with Gasteiger partial charge in [-0.1, -0.05) is 30.3 Å². The van der Waals surface area contributed by atoms with Gasteiger partial charge in [-0.25, -0.2) is 0 Å². The van der Waals surface area contributed by atoms with Gasteiger partial charge in [0.1, 0.15) is 23.7 Å². The van der Waals surface area contributed by atoms with E-state index in [0.29, 0.717) is 25.5 Å². The van der Waals surface area contributed by atoms with Crippen molar-refractivity contribution < 1.29 is 24.1 Å². The van der Waals surface area contributed by atoms with Gasteiger partial charge in [0.15, 0.2) is 6.61 Å². The summed E-state index contributed by atoms with van der Waals surface area (Å²) in [5, 5.41) is 10.8. The molecule has 0 unspecified atom stereocenters. The zero-order valence-electron chi connectivity index (χ0n) is 21.6. The number of benzene rings is 2. The Morgan fingerprint density at radius 2 is 1.89 bits per heavy atom. The van der Waals surface area contributed by atoms with Crippen LogP contribution in [-0.4, -0.2) is 78.5 Å². The largest absolute Gasteiger partial charge is 0.489 e. The van der Waals surface area contributed by atoms with Gasteiger partial charge in [0.2, 0.25) is 0 Å². The molecular formula is C28H39N3O5. The van der Waals surface area contributed by atoms with Gasteiger partial charge in [0, 0.05) is 31.2 Å². The highest BCUT2D eigenvalue weighted by Crippen LogP contribution is 2.40. The van der Waals surface area contributed by atoms with Crippen LogP contribution in [0.15, 0.2) is 48.5 Å². The number of carbonyl (C=O) groups excluding carboxylic acids is 1. The normalized spacial score (nSPS) is 24.1. The first-order valence-electron chi connectivity index (χ1n) is 12.6. The number of nitrogens with two attached hydrogens (primary N) is 1. The van der Waals surface area contributed by atoms with E-state index in [1.165, 1.54) is 0 Å². The summed E-state index contributed by atoms with van der Waals surface area (Å²) in [5.41, 5.74) is 6.31. The van der Waals surface area contributed by atoms with Crippen molar-refractivity contribution in [2.45, 2.75) is 56.6 Å². The Morgan fingerprint density at radius 3 is 2.56 bits per heavy atom. The van der Waals surface area contributed by atoms with Crippen molar-refractivity contribution in [3.05, 3.63) is 59.7 Å². The molecule has 4 rings (SSSR count). The summed E-state index contributed by atoms with van der Waals surface area (Å²) >= 11 is 0. The van der Waals surface area contributed by atoms with Gasteiger partial charge < -0.3 is 30.0 Å². The molecule has 1 amide bonds. The van der Waals surface area contributed by atoms with E-state index in [-0.39, 0.29) is 18.2 Å². The molecule has 2 atom stereocenters. The number of amides is 1. The molecule has 2 aliphatic heterocycles. The highest BCUT2D eigenvalue weighted by atomic mass is 16.5. The van der Waals surface area contributed by atoms with Crippen LogP contribution in [0.5, 0.6) is 11.5 Å². The van der Waals surface area contributed by atoms with Gasteiger partial charge in [-0.3, -0.25) is 9.69 Å². The van der Waals surface area contributed by atoms with Crippen LogP contribution in [0.2, 0.25) is 0 Å². The second-order valence-corrected chi connectivity index (χ2v) is 10.6. The first-order valence-corrected chi connectivity index (χ1v) is 12.6. The number of likely N-dealkylation sites (tertiary alicyclic amines) is 1. The Morgan fingerprint density at radius 1 is 1.17 bits per heavy atom. The molecule has 196 valence electrons. The lowest BCUT2D eigenvalue weighted by Crippen LogP contribution is -2.62. The van der Waals surface area contributed by atoms with Crippen LogP contribution in [0.25, 0.3) is 0 Å². The summed E-state index contributed by atoms with van der Waals surface area (Å²) in [6.45, 7) is 4.92. The molecule has 8 nitrogen and oxygen atoms in total. The molecule has 0 bridgehead atoms. The van der Waals surface area contributed by atoms with Crippen LogP contribution >= 0.6 is 0 Å². The van der Waals surface area contributed by atoms with E-state index in [0.717, 1.165) is 49.2 Å². The molecule has 1 spiro atoms. The molecule has 2 aliphatic rings. The van der Waals surface area contributed by atoms with Crippen LogP contribution in [0.3, 0.4) is 0 Å². The van der Waals surface area contributed by atoms with Gasteiger partial charge in [-0.05, 0) is 64.0 Å². The number of aliphatic hydroxyl groups is 1. The highest BCUT2D eigenvalue weighted by molar-refractivity contribution is 5.75. The molecular weight excluding hydrogens is 458 g/mol. The van der Waals surface area contributed by atoms with Gasteiger partial charge in [-0.15, -0.1) is 0 Å². The minimum absolute atomic E-state index is 0.0602. The molecule has 36 heavy (non-hydrogen) atoms. The summed E-state index contributed by atoms with van der Waals surface area (Å²) in [6.07, 6.45) is 2.61. The van der Waals surface area contributed by atoms with Crippen LogP contribution in [0.4, 0.5) is 0 Å². The number of ether oxygens (including phenoxy) is 3. The fraction of sp³-hybridized carbons (Fsp3) is 0.536. The second kappa shape index (κ2) is 11.2. The average molecular weight is 498 g/mol. The first kappa shape index (κ1) is 26.4. The number of hydrogen-bond acceptors (Lipinski definition) is 7. The van der Waals surface area contributed by atoms with Gasteiger partial charge in [0.25, 0.3) is 5.91 Å². The van der Waals surface area contributed by atoms with Crippen molar-refractivity contribution >= 4 is 5.91 Å². The fourth-order valence-electron chi connectivity index (χ4n) is 5.27. The van der Waals surface area contributed by atoms with Crippen molar-refractivity contribution in [3.63, 3.8) is 0 Å². The number of rotatable bonds is 9. The maximum absolute atomic E-state index is 11.3. The summed E-state index contributed by atoms with van der Waals surface area (Å²) in [5.74, 6) is 0.880. The van der Waals surface area contributed by atoms with Gasteiger partial charge in [0.05, 0.1) is 12.2 Å². The third kappa shape index (κ3) is 6.56. The third-order valence-electron chi connectivity index (χ3n) is 7.39. The van der Waals surface area contributed by atoms with Crippen LogP contribution in [0.1, 0.15) is 37.3 Å². The van der Waals surface area contributed by atoms with Crippen molar-refractivity contribution in [3.8, 4) is 11.5 Å². The Hall–Kier alpha value is -2.65. The number of likely N-dealkylation sites (N-methyl/N-ethyl adjacent to an activating group) is 1. The lowest BCUT2D eigenvalue weighted by atomic mass is 9.77. The number of carbonyl (C=O) groups is 1. The van der Waals surface area contributed by atoms with E-state index < -0.39 is 11.5 Å². The molecule has 2 fully saturated rings. The fourth-order valence-corrected chi connectivity index (χ4v) is 5.27. The number of nitrogens with zero attached hydrogens (tertiary/aromatic N) is 2. The van der Waals surface area contributed by atoms with Crippen molar-refractivity contribution in [1.82, 2.24) is 9.80 Å². The maximum Gasteiger partial charge on any atom is 0.255 e. The molecule has 0 radical (unpaired) electrons. The van der Waals surface area contributed by atoms with E-state index in [4.69, 9.17) is 19.9 Å². The zero-order valence-corrected chi connectivity index (χ0v) is 21.6. The van der Waals surface area contributed by atoms with E-state index in [9.17, 15) is 9.90 Å². The minimum atomic E-state index is -0.848.